The standard InChI is InChI=1S/C14H20ClN3O2/c1-8-6-18(7-9(2)20-8)14-11(19-3)12(15)16-13(17-14)10-4-5-10/h8-10H,4-7H2,1-3H3. The molecule has 1 saturated heterocycles. The number of nitrogens with zero attached hydrogens (tertiary/aromatic N) is 3. The molecule has 2 fully saturated rings. The van der Waals surface area contributed by atoms with Gasteiger partial charge in [-0.1, -0.05) is 11.6 Å². The summed E-state index contributed by atoms with van der Waals surface area (Å²) in [6.07, 6.45) is 2.64. The topological polar surface area (TPSA) is 47.5 Å². The largest absolute Gasteiger partial charge is 0.490 e. The van der Waals surface area contributed by atoms with Gasteiger partial charge in [0.1, 0.15) is 5.82 Å². The molecule has 0 radical (unpaired) electrons. The lowest BCUT2D eigenvalue weighted by atomic mass is 10.2. The third-order valence-electron chi connectivity index (χ3n) is 3.69. The number of methoxy groups -OCH3 is 1. The van der Waals surface area contributed by atoms with Gasteiger partial charge in [0.15, 0.2) is 16.7 Å². The molecular formula is C14H20ClN3O2. The van der Waals surface area contributed by atoms with Gasteiger partial charge in [-0.15, -0.1) is 0 Å². The maximum absolute atomic E-state index is 6.26. The molecule has 1 saturated carbocycles. The maximum atomic E-state index is 6.26. The van der Waals surface area contributed by atoms with Crippen molar-refractivity contribution in [3.05, 3.63) is 11.0 Å². The van der Waals surface area contributed by atoms with Gasteiger partial charge >= 0.3 is 0 Å². The second-order valence-corrected chi connectivity index (χ2v) is 6.02. The monoisotopic (exact) mass is 297 g/mol. The Morgan fingerprint density at radius 1 is 1.20 bits per heavy atom. The first kappa shape index (κ1) is 13.9. The van der Waals surface area contributed by atoms with E-state index in [9.17, 15) is 0 Å². The first-order valence-electron chi connectivity index (χ1n) is 7.10. The van der Waals surface area contributed by atoms with Gasteiger partial charge in [0, 0.05) is 19.0 Å². The van der Waals surface area contributed by atoms with Crippen LogP contribution < -0.4 is 9.64 Å². The number of halogens is 1. The molecule has 2 atom stereocenters. The molecule has 1 aliphatic heterocycles. The van der Waals surface area contributed by atoms with Crippen molar-refractivity contribution in [3.8, 4) is 5.75 Å². The fourth-order valence-electron chi connectivity index (χ4n) is 2.69. The molecular weight excluding hydrogens is 278 g/mol. The van der Waals surface area contributed by atoms with Crippen LogP contribution in [0.1, 0.15) is 38.4 Å². The Hall–Kier alpha value is -1.07. The second-order valence-electron chi connectivity index (χ2n) is 5.67. The van der Waals surface area contributed by atoms with E-state index in [1.54, 1.807) is 7.11 Å². The summed E-state index contributed by atoms with van der Waals surface area (Å²) in [6.45, 7) is 5.72. The van der Waals surface area contributed by atoms with Crippen molar-refractivity contribution in [2.75, 3.05) is 25.1 Å². The van der Waals surface area contributed by atoms with Crippen LogP contribution in [0.5, 0.6) is 5.75 Å². The van der Waals surface area contributed by atoms with Gasteiger partial charge in [0.25, 0.3) is 0 Å². The van der Waals surface area contributed by atoms with Crippen molar-refractivity contribution in [2.24, 2.45) is 0 Å². The average Bonchev–Trinajstić information content (AvgIpc) is 3.20. The molecule has 0 aromatic carbocycles. The van der Waals surface area contributed by atoms with Crippen LogP contribution in [-0.2, 0) is 4.74 Å². The second kappa shape index (κ2) is 5.37. The van der Waals surface area contributed by atoms with Gasteiger partial charge in [-0.05, 0) is 26.7 Å². The highest BCUT2D eigenvalue weighted by atomic mass is 35.5. The normalized spacial score (nSPS) is 26.7. The number of hydrogen-bond donors (Lipinski definition) is 0. The summed E-state index contributed by atoms with van der Waals surface area (Å²) >= 11 is 6.26. The van der Waals surface area contributed by atoms with E-state index in [0.29, 0.717) is 16.8 Å². The van der Waals surface area contributed by atoms with Crippen LogP contribution in [0.15, 0.2) is 0 Å². The van der Waals surface area contributed by atoms with Crippen LogP contribution in [0, 0.1) is 0 Å². The zero-order valence-corrected chi connectivity index (χ0v) is 12.9. The Bertz CT molecular complexity index is 497. The Balaban J connectivity index is 1.97. The fraction of sp³-hybridized carbons (Fsp3) is 0.714. The minimum atomic E-state index is 0.168. The van der Waals surface area contributed by atoms with Crippen LogP contribution in [0.4, 0.5) is 5.82 Å². The zero-order chi connectivity index (χ0) is 14.3. The number of anilines is 1. The number of rotatable bonds is 3. The van der Waals surface area contributed by atoms with Crippen molar-refractivity contribution in [2.45, 2.75) is 44.8 Å². The Labute approximate surface area is 124 Å². The molecule has 2 heterocycles. The zero-order valence-electron chi connectivity index (χ0n) is 12.1. The van der Waals surface area contributed by atoms with Gasteiger partial charge in [-0.3, -0.25) is 0 Å². The lowest BCUT2D eigenvalue weighted by molar-refractivity contribution is -0.00559. The summed E-state index contributed by atoms with van der Waals surface area (Å²) in [5, 5.41) is 0.409. The Kier molecular flexibility index (Phi) is 3.73. The smallest absolute Gasteiger partial charge is 0.199 e. The molecule has 110 valence electrons. The van der Waals surface area contributed by atoms with Gasteiger partial charge in [0.2, 0.25) is 0 Å². The van der Waals surface area contributed by atoms with Crippen molar-refractivity contribution < 1.29 is 9.47 Å². The summed E-state index contributed by atoms with van der Waals surface area (Å²) in [4.78, 5) is 11.3. The summed E-state index contributed by atoms with van der Waals surface area (Å²) in [6, 6.07) is 0. The summed E-state index contributed by atoms with van der Waals surface area (Å²) in [5.74, 6) is 2.68. The van der Waals surface area contributed by atoms with E-state index in [4.69, 9.17) is 26.1 Å². The van der Waals surface area contributed by atoms with Crippen LogP contribution in [-0.4, -0.2) is 42.4 Å². The van der Waals surface area contributed by atoms with E-state index in [1.165, 1.54) is 0 Å². The lowest BCUT2D eigenvalue weighted by Crippen LogP contribution is -2.46. The molecule has 0 bridgehead atoms. The van der Waals surface area contributed by atoms with Crippen molar-refractivity contribution in [1.82, 2.24) is 9.97 Å². The first-order valence-corrected chi connectivity index (χ1v) is 7.48. The number of ether oxygens (including phenoxy) is 2. The third kappa shape index (κ3) is 2.69. The van der Waals surface area contributed by atoms with E-state index < -0.39 is 0 Å². The van der Waals surface area contributed by atoms with Gasteiger partial charge in [-0.25, -0.2) is 9.97 Å². The maximum Gasteiger partial charge on any atom is 0.199 e. The number of aromatic nitrogens is 2. The van der Waals surface area contributed by atoms with Crippen LogP contribution in [0.2, 0.25) is 5.15 Å². The quantitative estimate of drug-likeness (QED) is 0.803. The van der Waals surface area contributed by atoms with E-state index in [2.05, 4.69) is 23.7 Å². The molecule has 1 aromatic rings. The van der Waals surface area contributed by atoms with Crippen molar-refractivity contribution >= 4 is 17.4 Å². The fourth-order valence-corrected chi connectivity index (χ4v) is 2.94. The van der Waals surface area contributed by atoms with Crippen LogP contribution >= 0.6 is 11.6 Å². The molecule has 2 unspecified atom stereocenters. The molecule has 0 N–H and O–H groups in total. The highest BCUT2D eigenvalue weighted by Crippen LogP contribution is 2.42. The van der Waals surface area contributed by atoms with Gasteiger partial charge in [-0.2, -0.15) is 0 Å². The molecule has 2 aliphatic rings. The predicted octanol–water partition coefficient (Wildman–Crippen LogP) is 2.63. The molecule has 0 amide bonds. The van der Waals surface area contributed by atoms with Gasteiger partial charge in [0.05, 0.1) is 19.3 Å². The molecule has 1 aliphatic carbocycles. The summed E-state index contributed by atoms with van der Waals surface area (Å²) < 4.78 is 11.2. The number of morpholine rings is 1. The van der Waals surface area contributed by atoms with Crippen molar-refractivity contribution in [3.63, 3.8) is 0 Å². The lowest BCUT2D eigenvalue weighted by Gasteiger charge is -2.36. The first-order chi connectivity index (χ1) is 9.58. The third-order valence-corrected chi connectivity index (χ3v) is 3.95. The van der Waals surface area contributed by atoms with Crippen molar-refractivity contribution in [1.29, 1.82) is 0 Å². The van der Waals surface area contributed by atoms with Crippen LogP contribution in [0.3, 0.4) is 0 Å². The Morgan fingerprint density at radius 2 is 1.85 bits per heavy atom. The summed E-state index contributed by atoms with van der Waals surface area (Å²) in [5.41, 5.74) is 0. The molecule has 3 rings (SSSR count). The SMILES string of the molecule is COc1c(Cl)nc(C2CC2)nc1N1CC(C)OC(C)C1. The highest BCUT2D eigenvalue weighted by Gasteiger charge is 2.32. The van der Waals surface area contributed by atoms with E-state index in [1.807, 2.05) is 0 Å². The summed E-state index contributed by atoms with van der Waals surface area (Å²) in [7, 11) is 1.61. The van der Waals surface area contributed by atoms with E-state index in [0.717, 1.165) is 37.6 Å². The van der Waals surface area contributed by atoms with Crippen LogP contribution in [0.25, 0.3) is 0 Å². The molecule has 6 heteroatoms. The molecule has 20 heavy (non-hydrogen) atoms. The predicted molar refractivity (Wildman–Crippen MR) is 77.8 cm³/mol. The molecule has 0 spiro atoms. The molecule has 1 aromatic heterocycles. The highest BCUT2D eigenvalue weighted by molar-refractivity contribution is 6.31. The van der Waals surface area contributed by atoms with E-state index in [-0.39, 0.29) is 12.2 Å². The minimum absolute atomic E-state index is 0.168. The molecule has 5 nitrogen and oxygen atoms in total. The minimum Gasteiger partial charge on any atom is -0.490 e. The van der Waals surface area contributed by atoms with Gasteiger partial charge < -0.3 is 14.4 Å². The Morgan fingerprint density at radius 3 is 2.40 bits per heavy atom. The van der Waals surface area contributed by atoms with E-state index >= 15 is 0 Å². The average molecular weight is 298 g/mol. The number of hydrogen-bond acceptors (Lipinski definition) is 5.